The standard InChI is InChI=1S/C26H32N4O2S/c31-24-26(23-10-4-5-14-27-23,28-25(32)30(24)17-13-22-9-6-18-33-22)21-11-15-29(16-12-21)19-20-7-2-1-3-8-20/h1-2,4-6,9-10,14,18,20-21H,3,7-8,11-13,15-17,19H2,(H,28,32)/t20-,26+/m0/s1. The molecule has 5 rings (SSSR count). The quantitative estimate of drug-likeness (QED) is 0.493. The molecule has 1 N–H and O–H groups in total. The molecule has 3 amide bonds. The van der Waals surface area contributed by atoms with Crippen LogP contribution in [-0.4, -0.2) is 52.9 Å². The SMILES string of the molecule is O=C1N[C@@](c2ccccn2)(C2CCN(C[C@H]3CC=CCC3)CC2)C(=O)N1CCc1cccs1. The molecule has 2 aromatic heterocycles. The van der Waals surface area contributed by atoms with Crippen molar-refractivity contribution >= 4 is 23.3 Å². The van der Waals surface area contributed by atoms with Crippen LogP contribution in [0.25, 0.3) is 0 Å². The highest BCUT2D eigenvalue weighted by Crippen LogP contribution is 2.41. The molecule has 6 nitrogen and oxygen atoms in total. The number of rotatable bonds is 7. The summed E-state index contributed by atoms with van der Waals surface area (Å²) in [6.45, 7) is 3.43. The first-order valence-electron chi connectivity index (χ1n) is 12.1. The summed E-state index contributed by atoms with van der Waals surface area (Å²) >= 11 is 1.66. The molecule has 33 heavy (non-hydrogen) atoms. The molecule has 2 saturated heterocycles. The number of amides is 3. The number of pyridine rings is 1. The van der Waals surface area contributed by atoms with Crippen LogP contribution in [0.5, 0.6) is 0 Å². The number of carbonyl (C=O) groups is 2. The largest absolute Gasteiger partial charge is 0.325 e. The van der Waals surface area contributed by atoms with E-state index in [1.807, 2.05) is 35.7 Å². The van der Waals surface area contributed by atoms with Crippen molar-refractivity contribution in [3.05, 3.63) is 64.6 Å². The summed E-state index contributed by atoms with van der Waals surface area (Å²) in [6.07, 6.45) is 12.4. The number of likely N-dealkylation sites (tertiary alicyclic amines) is 1. The Morgan fingerprint density at radius 3 is 2.67 bits per heavy atom. The third kappa shape index (κ3) is 4.49. The van der Waals surface area contributed by atoms with E-state index >= 15 is 0 Å². The van der Waals surface area contributed by atoms with Gasteiger partial charge >= 0.3 is 6.03 Å². The van der Waals surface area contributed by atoms with Gasteiger partial charge in [-0.2, -0.15) is 0 Å². The normalized spacial score (nSPS) is 26.7. The molecule has 0 spiro atoms. The first-order valence-corrected chi connectivity index (χ1v) is 13.0. The van der Waals surface area contributed by atoms with Crippen molar-refractivity contribution in [3.63, 3.8) is 0 Å². The minimum absolute atomic E-state index is 0.0399. The number of allylic oxidation sites excluding steroid dienone is 2. The number of imide groups is 1. The third-order valence-electron chi connectivity index (χ3n) is 7.46. The van der Waals surface area contributed by atoms with Crippen molar-refractivity contribution in [1.29, 1.82) is 0 Å². The van der Waals surface area contributed by atoms with E-state index in [2.05, 4.69) is 27.4 Å². The summed E-state index contributed by atoms with van der Waals surface area (Å²) in [5, 5.41) is 5.15. The highest BCUT2D eigenvalue weighted by atomic mass is 32.1. The lowest BCUT2D eigenvalue weighted by atomic mass is 9.75. The molecular formula is C26H32N4O2S. The molecule has 7 heteroatoms. The van der Waals surface area contributed by atoms with Gasteiger partial charge in [-0.1, -0.05) is 24.3 Å². The van der Waals surface area contributed by atoms with Crippen molar-refractivity contribution in [2.75, 3.05) is 26.2 Å². The van der Waals surface area contributed by atoms with Gasteiger partial charge in [-0.05, 0) is 87.0 Å². The Labute approximate surface area is 199 Å². The van der Waals surface area contributed by atoms with Crippen molar-refractivity contribution in [2.24, 2.45) is 11.8 Å². The lowest BCUT2D eigenvalue weighted by molar-refractivity contribution is -0.134. The summed E-state index contributed by atoms with van der Waals surface area (Å²) in [7, 11) is 0. The lowest BCUT2D eigenvalue weighted by Crippen LogP contribution is -2.54. The molecule has 2 aliphatic heterocycles. The smallest absolute Gasteiger partial charge is 0.318 e. The Morgan fingerprint density at radius 1 is 1.09 bits per heavy atom. The minimum Gasteiger partial charge on any atom is -0.318 e. The highest BCUT2D eigenvalue weighted by molar-refractivity contribution is 7.09. The number of hydrogen-bond donors (Lipinski definition) is 1. The summed E-state index contributed by atoms with van der Waals surface area (Å²) in [5.41, 5.74) is -0.397. The number of nitrogens with zero attached hydrogens (tertiary/aromatic N) is 3. The van der Waals surface area contributed by atoms with Crippen LogP contribution in [-0.2, 0) is 16.8 Å². The first kappa shape index (κ1) is 22.3. The second kappa shape index (κ2) is 9.77. The summed E-state index contributed by atoms with van der Waals surface area (Å²) < 4.78 is 0. The van der Waals surface area contributed by atoms with Crippen LogP contribution in [0.1, 0.15) is 42.7 Å². The van der Waals surface area contributed by atoms with E-state index < -0.39 is 5.54 Å². The van der Waals surface area contributed by atoms with Gasteiger partial charge in [0.1, 0.15) is 0 Å². The van der Waals surface area contributed by atoms with E-state index in [4.69, 9.17) is 0 Å². The maximum Gasteiger partial charge on any atom is 0.325 e. The fourth-order valence-corrected chi connectivity index (χ4v) is 6.36. The van der Waals surface area contributed by atoms with Gasteiger partial charge in [0.05, 0.1) is 5.69 Å². The zero-order valence-electron chi connectivity index (χ0n) is 19.0. The summed E-state index contributed by atoms with van der Waals surface area (Å²) in [5.74, 6) is 0.633. The fourth-order valence-electron chi connectivity index (χ4n) is 5.67. The van der Waals surface area contributed by atoms with E-state index in [0.717, 1.165) is 38.4 Å². The first-order chi connectivity index (χ1) is 16.2. The Balaban J connectivity index is 1.33. The number of aromatic nitrogens is 1. The van der Waals surface area contributed by atoms with Gasteiger partial charge in [0, 0.05) is 24.2 Å². The van der Waals surface area contributed by atoms with Gasteiger partial charge in [0.2, 0.25) is 0 Å². The molecule has 0 saturated carbocycles. The maximum absolute atomic E-state index is 13.9. The van der Waals surface area contributed by atoms with Crippen LogP contribution in [0.4, 0.5) is 4.79 Å². The number of hydrogen-bond acceptors (Lipinski definition) is 5. The molecule has 2 aromatic rings. The molecule has 4 heterocycles. The number of piperidine rings is 1. The maximum atomic E-state index is 13.9. The van der Waals surface area contributed by atoms with Crippen LogP contribution in [0.2, 0.25) is 0 Å². The van der Waals surface area contributed by atoms with E-state index in [1.54, 1.807) is 17.5 Å². The average Bonchev–Trinajstić information content (AvgIpc) is 3.46. The van der Waals surface area contributed by atoms with Crippen LogP contribution in [0.15, 0.2) is 54.1 Å². The fraction of sp³-hybridized carbons (Fsp3) is 0.500. The molecule has 2 fully saturated rings. The number of nitrogens with one attached hydrogen (secondary N) is 1. The number of carbonyl (C=O) groups excluding carboxylic acids is 2. The zero-order chi connectivity index (χ0) is 22.7. The summed E-state index contributed by atoms with van der Waals surface area (Å²) in [6, 6.07) is 9.41. The monoisotopic (exact) mass is 464 g/mol. The second-order valence-electron chi connectivity index (χ2n) is 9.46. The molecule has 174 valence electrons. The number of urea groups is 1. The van der Waals surface area contributed by atoms with Crippen molar-refractivity contribution in [1.82, 2.24) is 20.1 Å². The summed E-state index contributed by atoms with van der Waals surface area (Å²) in [4.78, 5) is 36.6. The lowest BCUT2D eigenvalue weighted by Gasteiger charge is -2.41. The van der Waals surface area contributed by atoms with Gasteiger partial charge in [-0.3, -0.25) is 14.7 Å². The van der Waals surface area contributed by atoms with E-state index in [-0.39, 0.29) is 17.9 Å². The molecule has 0 aromatic carbocycles. The van der Waals surface area contributed by atoms with Crippen molar-refractivity contribution in [2.45, 2.75) is 44.1 Å². The van der Waals surface area contributed by atoms with E-state index in [9.17, 15) is 9.59 Å². The average molecular weight is 465 g/mol. The van der Waals surface area contributed by atoms with Crippen molar-refractivity contribution in [3.8, 4) is 0 Å². The second-order valence-corrected chi connectivity index (χ2v) is 10.5. The number of thiophene rings is 1. The third-order valence-corrected chi connectivity index (χ3v) is 8.39. The molecule has 3 aliphatic rings. The highest BCUT2D eigenvalue weighted by Gasteiger charge is 2.57. The van der Waals surface area contributed by atoms with Crippen LogP contribution in [0.3, 0.4) is 0 Å². The van der Waals surface area contributed by atoms with Gasteiger partial charge in [0.25, 0.3) is 5.91 Å². The van der Waals surface area contributed by atoms with Gasteiger partial charge in [0.15, 0.2) is 5.54 Å². The van der Waals surface area contributed by atoms with E-state index in [0.29, 0.717) is 18.7 Å². The Kier molecular flexibility index (Phi) is 6.60. The Bertz CT molecular complexity index is 985. The molecular weight excluding hydrogens is 432 g/mol. The van der Waals surface area contributed by atoms with Crippen molar-refractivity contribution < 1.29 is 9.59 Å². The molecule has 2 atom stereocenters. The predicted octanol–water partition coefficient (Wildman–Crippen LogP) is 4.20. The molecule has 0 unspecified atom stereocenters. The Hall–Kier alpha value is -2.51. The Morgan fingerprint density at radius 2 is 1.97 bits per heavy atom. The predicted molar refractivity (Wildman–Crippen MR) is 130 cm³/mol. The van der Waals surface area contributed by atoms with Crippen LogP contribution < -0.4 is 5.32 Å². The molecule has 0 radical (unpaired) electrons. The van der Waals surface area contributed by atoms with Gasteiger partial charge in [-0.25, -0.2) is 4.79 Å². The van der Waals surface area contributed by atoms with Gasteiger partial charge in [-0.15, -0.1) is 11.3 Å². The van der Waals surface area contributed by atoms with E-state index in [1.165, 1.54) is 29.0 Å². The molecule has 1 aliphatic carbocycles. The topological polar surface area (TPSA) is 65.5 Å². The van der Waals surface area contributed by atoms with Crippen LogP contribution in [0, 0.1) is 11.8 Å². The minimum atomic E-state index is -1.06. The van der Waals surface area contributed by atoms with Crippen LogP contribution >= 0.6 is 11.3 Å². The zero-order valence-corrected chi connectivity index (χ0v) is 19.8. The van der Waals surface area contributed by atoms with Gasteiger partial charge < -0.3 is 10.2 Å². The molecule has 0 bridgehead atoms.